The molecular weight excluding hydrogens is 450 g/mol. The maximum absolute atomic E-state index is 11.0. The Morgan fingerprint density at radius 1 is 0.862 bits per heavy atom. The number of hydrogen-bond donors (Lipinski definition) is 1. The number of benzene rings is 2. The Labute approximate surface area is 187 Å². The van der Waals surface area contributed by atoms with E-state index in [1.165, 1.54) is 0 Å². The van der Waals surface area contributed by atoms with E-state index in [0.717, 1.165) is 10.9 Å². The molecule has 7 heteroatoms. The van der Waals surface area contributed by atoms with E-state index in [4.69, 9.17) is 46.4 Å². The molecule has 3 nitrogen and oxygen atoms in total. The standard InChI is InChI=1S/C22H14Cl4N2O/c23-13-9-18(25)19(28-11-13)10-16(14-4-1-5-17(24)20(14)26)15-7-6-12-3-2-8-27-21(12)22(15)29/h1-9,11,16,29H,10H2. The number of phenolic OH excluding ortho intramolecular Hbond substituents is 1. The fourth-order valence-corrected chi connectivity index (χ4v) is 4.29. The van der Waals surface area contributed by atoms with Gasteiger partial charge in [0.05, 0.1) is 25.8 Å². The number of pyridine rings is 2. The summed E-state index contributed by atoms with van der Waals surface area (Å²) in [5.41, 5.74) is 2.58. The molecule has 146 valence electrons. The number of fused-ring (bicyclic) bond motifs is 1. The zero-order chi connectivity index (χ0) is 20.5. The summed E-state index contributed by atoms with van der Waals surface area (Å²) in [5.74, 6) is -0.256. The topological polar surface area (TPSA) is 46.0 Å². The molecule has 0 fully saturated rings. The molecule has 0 spiro atoms. The van der Waals surface area contributed by atoms with Gasteiger partial charge in [-0.3, -0.25) is 9.97 Å². The van der Waals surface area contributed by atoms with Gasteiger partial charge in [0.15, 0.2) is 0 Å². The molecule has 1 N–H and O–H groups in total. The molecule has 0 amide bonds. The van der Waals surface area contributed by atoms with E-state index in [1.54, 1.807) is 24.5 Å². The molecule has 4 aromatic rings. The lowest BCUT2D eigenvalue weighted by atomic mass is 9.86. The van der Waals surface area contributed by atoms with Crippen LogP contribution in [-0.4, -0.2) is 15.1 Å². The van der Waals surface area contributed by atoms with E-state index in [0.29, 0.717) is 43.3 Å². The summed E-state index contributed by atoms with van der Waals surface area (Å²) >= 11 is 25.2. The average Bonchev–Trinajstić information content (AvgIpc) is 2.71. The molecule has 29 heavy (non-hydrogen) atoms. The quantitative estimate of drug-likeness (QED) is 0.344. The number of halogens is 4. The lowest BCUT2D eigenvalue weighted by Gasteiger charge is -2.21. The Morgan fingerprint density at radius 3 is 2.48 bits per heavy atom. The van der Waals surface area contributed by atoms with Gasteiger partial charge in [0, 0.05) is 35.7 Å². The first-order valence-corrected chi connectivity index (χ1v) is 10.3. The molecule has 2 heterocycles. The molecular formula is C22H14Cl4N2O. The fraction of sp³-hybridized carbons (Fsp3) is 0.0909. The van der Waals surface area contributed by atoms with Gasteiger partial charge in [-0.15, -0.1) is 0 Å². The summed E-state index contributed by atoms with van der Waals surface area (Å²) in [6.07, 6.45) is 3.58. The van der Waals surface area contributed by atoms with Crippen molar-refractivity contribution in [2.75, 3.05) is 0 Å². The Balaban J connectivity index is 1.91. The van der Waals surface area contributed by atoms with Gasteiger partial charge in [0.2, 0.25) is 0 Å². The van der Waals surface area contributed by atoms with Crippen LogP contribution in [0.25, 0.3) is 10.9 Å². The van der Waals surface area contributed by atoms with Gasteiger partial charge in [-0.1, -0.05) is 76.7 Å². The second-order valence-corrected chi connectivity index (χ2v) is 8.19. The summed E-state index contributed by atoms with van der Waals surface area (Å²) < 4.78 is 0. The minimum Gasteiger partial charge on any atom is -0.505 e. The predicted molar refractivity (Wildman–Crippen MR) is 120 cm³/mol. The number of phenols is 1. The first-order chi connectivity index (χ1) is 14.0. The molecule has 2 aromatic carbocycles. The van der Waals surface area contributed by atoms with Gasteiger partial charge < -0.3 is 5.11 Å². The predicted octanol–water partition coefficient (Wildman–Crippen LogP) is 7.32. The molecule has 2 aromatic heterocycles. The Morgan fingerprint density at radius 2 is 1.69 bits per heavy atom. The van der Waals surface area contributed by atoms with E-state index in [2.05, 4.69) is 9.97 Å². The third kappa shape index (κ3) is 4.01. The average molecular weight is 464 g/mol. The van der Waals surface area contributed by atoms with Crippen LogP contribution in [-0.2, 0) is 6.42 Å². The third-order valence-corrected chi connectivity index (χ3v) is 6.16. The van der Waals surface area contributed by atoms with Crippen molar-refractivity contribution in [3.8, 4) is 5.75 Å². The van der Waals surface area contributed by atoms with Crippen LogP contribution in [0.4, 0.5) is 0 Å². The number of aromatic hydroxyl groups is 1. The summed E-state index contributed by atoms with van der Waals surface area (Å²) in [5, 5.41) is 13.6. The molecule has 0 aliphatic rings. The zero-order valence-corrected chi connectivity index (χ0v) is 17.9. The summed E-state index contributed by atoms with van der Waals surface area (Å²) in [6.45, 7) is 0. The highest BCUT2D eigenvalue weighted by molar-refractivity contribution is 6.42. The van der Waals surface area contributed by atoms with Crippen molar-refractivity contribution in [3.05, 3.63) is 97.8 Å². The van der Waals surface area contributed by atoms with E-state index < -0.39 is 0 Å². The first-order valence-electron chi connectivity index (χ1n) is 8.76. The van der Waals surface area contributed by atoms with E-state index in [9.17, 15) is 5.11 Å². The van der Waals surface area contributed by atoms with Crippen molar-refractivity contribution in [1.29, 1.82) is 0 Å². The SMILES string of the molecule is Oc1c(C(Cc2ncc(Cl)cc2Cl)c2cccc(Cl)c2Cl)ccc2cccnc12. The van der Waals surface area contributed by atoms with Crippen LogP contribution in [0.5, 0.6) is 5.75 Å². The number of aromatic nitrogens is 2. The molecule has 0 radical (unpaired) electrons. The summed E-state index contributed by atoms with van der Waals surface area (Å²) in [7, 11) is 0. The molecule has 1 unspecified atom stereocenters. The van der Waals surface area contributed by atoms with Crippen LogP contribution >= 0.6 is 46.4 Å². The maximum Gasteiger partial charge on any atom is 0.145 e. The monoisotopic (exact) mass is 462 g/mol. The smallest absolute Gasteiger partial charge is 0.145 e. The normalized spacial score (nSPS) is 12.3. The van der Waals surface area contributed by atoms with Crippen LogP contribution in [0.1, 0.15) is 22.7 Å². The molecule has 0 saturated carbocycles. The van der Waals surface area contributed by atoms with Gasteiger partial charge in [0.1, 0.15) is 11.3 Å². The molecule has 0 saturated heterocycles. The highest BCUT2D eigenvalue weighted by Gasteiger charge is 2.24. The lowest BCUT2D eigenvalue weighted by molar-refractivity contribution is 0.469. The minimum atomic E-state index is -0.348. The van der Waals surface area contributed by atoms with Crippen LogP contribution < -0.4 is 0 Å². The molecule has 0 aliphatic heterocycles. The summed E-state index contributed by atoms with van der Waals surface area (Å²) in [4.78, 5) is 8.70. The molecule has 0 aliphatic carbocycles. The Hall–Kier alpha value is -2.04. The van der Waals surface area contributed by atoms with Gasteiger partial charge >= 0.3 is 0 Å². The third-order valence-electron chi connectivity index (χ3n) is 4.79. The van der Waals surface area contributed by atoms with Crippen LogP contribution in [0.15, 0.2) is 60.9 Å². The molecule has 4 rings (SSSR count). The summed E-state index contributed by atoms with van der Waals surface area (Å²) in [6, 6.07) is 14.6. The van der Waals surface area contributed by atoms with E-state index >= 15 is 0 Å². The number of rotatable bonds is 4. The zero-order valence-electron chi connectivity index (χ0n) is 14.9. The molecule has 1 atom stereocenters. The minimum absolute atomic E-state index is 0.0919. The van der Waals surface area contributed by atoms with Gasteiger partial charge in [-0.05, 0) is 23.8 Å². The van der Waals surface area contributed by atoms with Crippen molar-refractivity contribution < 1.29 is 5.11 Å². The van der Waals surface area contributed by atoms with Crippen LogP contribution in [0.2, 0.25) is 20.1 Å². The number of nitrogens with zero attached hydrogens (tertiary/aromatic N) is 2. The second-order valence-electron chi connectivity index (χ2n) is 6.56. The van der Waals surface area contributed by atoms with Crippen molar-refractivity contribution in [3.63, 3.8) is 0 Å². The van der Waals surface area contributed by atoms with Crippen molar-refractivity contribution in [2.45, 2.75) is 12.3 Å². The highest BCUT2D eigenvalue weighted by atomic mass is 35.5. The number of hydrogen-bond acceptors (Lipinski definition) is 3. The Kier molecular flexibility index (Phi) is 5.84. The van der Waals surface area contributed by atoms with E-state index in [-0.39, 0.29) is 11.7 Å². The van der Waals surface area contributed by atoms with Gasteiger partial charge in [-0.25, -0.2) is 0 Å². The lowest BCUT2D eigenvalue weighted by Crippen LogP contribution is -2.08. The Bertz CT molecular complexity index is 1210. The van der Waals surface area contributed by atoms with Crippen LogP contribution in [0, 0.1) is 0 Å². The molecule has 0 bridgehead atoms. The fourth-order valence-electron chi connectivity index (χ4n) is 3.39. The first kappa shape index (κ1) is 20.2. The van der Waals surface area contributed by atoms with Gasteiger partial charge in [0.25, 0.3) is 0 Å². The van der Waals surface area contributed by atoms with Crippen molar-refractivity contribution in [1.82, 2.24) is 9.97 Å². The van der Waals surface area contributed by atoms with Crippen molar-refractivity contribution in [2.24, 2.45) is 0 Å². The van der Waals surface area contributed by atoms with E-state index in [1.807, 2.05) is 36.4 Å². The maximum atomic E-state index is 11.0. The highest BCUT2D eigenvalue weighted by Crippen LogP contribution is 2.42. The second kappa shape index (κ2) is 8.37. The van der Waals surface area contributed by atoms with Crippen LogP contribution in [0.3, 0.4) is 0 Å². The van der Waals surface area contributed by atoms with Crippen molar-refractivity contribution >= 4 is 57.3 Å². The van der Waals surface area contributed by atoms with Gasteiger partial charge in [-0.2, -0.15) is 0 Å². The largest absolute Gasteiger partial charge is 0.505 e.